The summed E-state index contributed by atoms with van der Waals surface area (Å²) in [5.74, 6) is -0.0383. The molecule has 0 bridgehead atoms. The Morgan fingerprint density at radius 2 is 1.88 bits per heavy atom. The monoisotopic (exact) mass is 252 g/mol. The van der Waals surface area contributed by atoms with Gasteiger partial charge in [0.2, 0.25) is 0 Å². The highest BCUT2D eigenvalue weighted by atomic mass is 35.5. The van der Waals surface area contributed by atoms with E-state index < -0.39 is 6.10 Å². The first kappa shape index (κ1) is 12.6. The molecule has 0 aliphatic heterocycles. The Bertz CT molecular complexity index is 386. The molecule has 1 aliphatic carbocycles. The molecule has 2 rings (SSSR count). The maximum absolute atomic E-state index is 11.9. The van der Waals surface area contributed by atoms with E-state index in [0.29, 0.717) is 11.4 Å². The van der Waals surface area contributed by atoms with Gasteiger partial charge in [0, 0.05) is 17.4 Å². The maximum atomic E-state index is 11.9. The minimum atomic E-state index is -0.683. The van der Waals surface area contributed by atoms with Crippen LogP contribution in [0.3, 0.4) is 0 Å². The molecule has 0 amide bonds. The van der Waals surface area contributed by atoms with Crippen LogP contribution in [-0.4, -0.2) is 10.9 Å². The van der Waals surface area contributed by atoms with Crippen molar-refractivity contribution in [3.05, 3.63) is 34.9 Å². The highest BCUT2D eigenvalue weighted by Crippen LogP contribution is 2.31. The number of carbonyl (C=O) groups excluding carboxylic acids is 1. The Morgan fingerprint density at radius 1 is 1.18 bits per heavy atom. The van der Waals surface area contributed by atoms with Gasteiger partial charge >= 0.3 is 0 Å². The van der Waals surface area contributed by atoms with Crippen LogP contribution in [0.25, 0.3) is 0 Å². The molecule has 1 fully saturated rings. The fourth-order valence-electron chi connectivity index (χ4n) is 2.41. The number of Topliss-reactive ketones (excluding diaryl/α,β-unsaturated/α-hetero) is 1. The van der Waals surface area contributed by atoms with Gasteiger partial charge in [-0.3, -0.25) is 4.79 Å². The van der Waals surface area contributed by atoms with Crippen LogP contribution in [0.2, 0.25) is 5.02 Å². The SMILES string of the molecule is O=C1CCCCC[C@H]1[C@@H](O)c1ccc(Cl)cc1. The summed E-state index contributed by atoms with van der Waals surface area (Å²) in [6.07, 6.45) is 3.80. The summed E-state index contributed by atoms with van der Waals surface area (Å²) in [6, 6.07) is 7.10. The summed E-state index contributed by atoms with van der Waals surface area (Å²) in [5, 5.41) is 10.9. The predicted molar refractivity (Wildman–Crippen MR) is 68.0 cm³/mol. The normalized spacial score (nSPS) is 23.2. The third kappa shape index (κ3) is 3.08. The molecular formula is C14H17ClO2. The van der Waals surface area contributed by atoms with Gasteiger partial charge in [0.15, 0.2) is 0 Å². The van der Waals surface area contributed by atoms with Crippen LogP contribution in [0.4, 0.5) is 0 Å². The molecule has 0 aromatic heterocycles. The van der Waals surface area contributed by atoms with E-state index in [0.717, 1.165) is 31.2 Å². The molecule has 92 valence electrons. The Balaban J connectivity index is 2.14. The molecule has 0 heterocycles. The molecule has 0 saturated heterocycles. The maximum Gasteiger partial charge on any atom is 0.138 e. The molecule has 2 nitrogen and oxygen atoms in total. The Kier molecular flexibility index (Phi) is 4.19. The molecule has 3 heteroatoms. The number of aliphatic hydroxyl groups excluding tert-OH is 1. The molecule has 17 heavy (non-hydrogen) atoms. The molecule has 0 spiro atoms. The quantitative estimate of drug-likeness (QED) is 0.818. The zero-order chi connectivity index (χ0) is 12.3. The zero-order valence-electron chi connectivity index (χ0n) is 9.73. The van der Waals surface area contributed by atoms with Crippen molar-refractivity contribution in [2.45, 2.75) is 38.2 Å². The molecule has 1 aromatic rings. The van der Waals surface area contributed by atoms with Gasteiger partial charge in [-0.1, -0.05) is 36.6 Å². The van der Waals surface area contributed by atoms with Crippen molar-refractivity contribution in [1.82, 2.24) is 0 Å². The number of ketones is 1. The van der Waals surface area contributed by atoms with Gasteiger partial charge in [-0.15, -0.1) is 0 Å². The second kappa shape index (κ2) is 5.65. The second-order valence-electron chi connectivity index (χ2n) is 4.67. The number of carbonyl (C=O) groups is 1. The largest absolute Gasteiger partial charge is 0.388 e. The first-order valence-corrected chi connectivity index (χ1v) is 6.52. The Labute approximate surface area is 107 Å². The van der Waals surface area contributed by atoms with E-state index in [1.54, 1.807) is 24.3 Å². The van der Waals surface area contributed by atoms with Crippen molar-refractivity contribution in [3.63, 3.8) is 0 Å². The number of benzene rings is 1. The van der Waals surface area contributed by atoms with E-state index in [2.05, 4.69) is 0 Å². The summed E-state index contributed by atoms with van der Waals surface area (Å²) < 4.78 is 0. The van der Waals surface area contributed by atoms with Gasteiger partial charge in [-0.05, 0) is 30.5 Å². The summed E-state index contributed by atoms with van der Waals surface area (Å²) in [7, 11) is 0. The average molecular weight is 253 g/mol. The molecule has 1 saturated carbocycles. The fourth-order valence-corrected chi connectivity index (χ4v) is 2.54. The van der Waals surface area contributed by atoms with Crippen molar-refractivity contribution >= 4 is 17.4 Å². The van der Waals surface area contributed by atoms with Crippen LogP contribution >= 0.6 is 11.6 Å². The van der Waals surface area contributed by atoms with E-state index >= 15 is 0 Å². The van der Waals surface area contributed by atoms with Gasteiger partial charge in [0.05, 0.1) is 6.10 Å². The van der Waals surface area contributed by atoms with E-state index in [4.69, 9.17) is 11.6 Å². The van der Waals surface area contributed by atoms with E-state index in [9.17, 15) is 9.90 Å². The summed E-state index contributed by atoms with van der Waals surface area (Å²) in [5.41, 5.74) is 0.787. The third-order valence-electron chi connectivity index (χ3n) is 3.44. The van der Waals surface area contributed by atoms with Crippen molar-refractivity contribution in [1.29, 1.82) is 0 Å². The van der Waals surface area contributed by atoms with E-state index in [1.165, 1.54) is 0 Å². The van der Waals surface area contributed by atoms with Crippen molar-refractivity contribution in [2.24, 2.45) is 5.92 Å². The van der Waals surface area contributed by atoms with Crippen molar-refractivity contribution < 1.29 is 9.90 Å². The highest BCUT2D eigenvalue weighted by Gasteiger charge is 2.28. The number of aliphatic hydroxyl groups is 1. The third-order valence-corrected chi connectivity index (χ3v) is 3.70. The zero-order valence-corrected chi connectivity index (χ0v) is 10.5. The lowest BCUT2D eigenvalue weighted by Gasteiger charge is -2.20. The lowest BCUT2D eigenvalue weighted by Crippen LogP contribution is -2.21. The molecule has 2 atom stereocenters. The first-order valence-electron chi connectivity index (χ1n) is 6.15. The Morgan fingerprint density at radius 3 is 2.59 bits per heavy atom. The van der Waals surface area contributed by atoms with Crippen molar-refractivity contribution in [3.8, 4) is 0 Å². The molecule has 0 radical (unpaired) electrons. The number of halogens is 1. The average Bonchev–Trinajstić information content (AvgIpc) is 2.54. The van der Waals surface area contributed by atoms with Crippen LogP contribution in [-0.2, 0) is 4.79 Å². The predicted octanol–water partition coefficient (Wildman–Crippen LogP) is 3.52. The summed E-state index contributed by atoms with van der Waals surface area (Å²) in [4.78, 5) is 11.9. The fraction of sp³-hybridized carbons (Fsp3) is 0.500. The standard InChI is InChI=1S/C14H17ClO2/c15-11-8-6-10(7-9-11)14(17)12-4-2-1-3-5-13(12)16/h6-9,12,14,17H,1-5H2/t12-,14+/m1/s1. The molecule has 1 aliphatic rings. The second-order valence-corrected chi connectivity index (χ2v) is 5.10. The van der Waals surface area contributed by atoms with Crippen LogP contribution in [0, 0.1) is 5.92 Å². The van der Waals surface area contributed by atoms with Crippen LogP contribution in [0.15, 0.2) is 24.3 Å². The van der Waals surface area contributed by atoms with Crippen LogP contribution in [0.5, 0.6) is 0 Å². The van der Waals surface area contributed by atoms with Crippen LogP contribution < -0.4 is 0 Å². The molecule has 1 aromatic carbocycles. The van der Waals surface area contributed by atoms with E-state index in [-0.39, 0.29) is 11.7 Å². The number of hydrogen-bond donors (Lipinski definition) is 1. The minimum Gasteiger partial charge on any atom is -0.388 e. The highest BCUT2D eigenvalue weighted by molar-refractivity contribution is 6.30. The number of rotatable bonds is 2. The van der Waals surface area contributed by atoms with Crippen molar-refractivity contribution in [2.75, 3.05) is 0 Å². The first-order chi connectivity index (χ1) is 8.18. The molecular weight excluding hydrogens is 236 g/mol. The van der Waals surface area contributed by atoms with Gasteiger partial charge in [-0.25, -0.2) is 0 Å². The lowest BCUT2D eigenvalue weighted by atomic mass is 9.88. The summed E-state index contributed by atoms with van der Waals surface area (Å²) in [6.45, 7) is 0. The van der Waals surface area contributed by atoms with Crippen LogP contribution in [0.1, 0.15) is 43.8 Å². The summed E-state index contributed by atoms with van der Waals surface area (Å²) >= 11 is 5.81. The number of hydrogen-bond acceptors (Lipinski definition) is 2. The van der Waals surface area contributed by atoms with E-state index in [1.807, 2.05) is 0 Å². The lowest BCUT2D eigenvalue weighted by molar-refractivity contribution is -0.126. The van der Waals surface area contributed by atoms with Gasteiger partial charge in [-0.2, -0.15) is 0 Å². The van der Waals surface area contributed by atoms with Gasteiger partial charge < -0.3 is 5.11 Å². The molecule has 1 N–H and O–H groups in total. The van der Waals surface area contributed by atoms with Gasteiger partial charge in [0.1, 0.15) is 5.78 Å². The smallest absolute Gasteiger partial charge is 0.138 e. The Hall–Kier alpha value is -0.860. The minimum absolute atomic E-state index is 0.199. The molecule has 0 unspecified atom stereocenters. The topological polar surface area (TPSA) is 37.3 Å². The van der Waals surface area contributed by atoms with Gasteiger partial charge in [0.25, 0.3) is 0 Å².